The molecule has 30 heavy (non-hydrogen) atoms. The number of carbonyl (C=O) groups excluding carboxylic acids is 1. The third-order valence-corrected chi connectivity index (χ3v) is 6.82. The Morgan fingerprint density at radius 2 is 1.70 bits per heavy atom. The summed E-state index contributed by atoms with van der Waals surface area (Å²) in [4.78, 5) is 12.3. The third-order valence-electron chi connectivity index (χ3n) is 6.82. The molecule has 2 aromatic rings. The summed E-state index contributed by atoms with van der Waals surface area (Å²) >= 11 is 0. The first kappa shape index (κ1) is 20.8. The van der Waals surface area contributed by atoms with Gasteiger partial charge in [0.2, 0.25) is 0 Å². The number of allylic oxidation sites excluding steroid dienone is 2. The Morgan fingerprint density at radius 3 is 2.43 bits per heavy atom. The molecule has 2 nitrogen and oxygen atoms in total. The Hall–Kier alpha value is -2.49. The highest BCUT2D eigenvalue weighted by atomic mass is 19.1. The van der Waals surface area contributed by atoms with Crippen LogP contribution in [0, 0.1) is 29.4 Å². The molecule has 0 spiro atoms. The molecule has 4 atom stereocenters. The lowest BCUT2D eigenvalue weighted by atomic mass is 9.64. The van der Waals surface area contributed by atoms with E-state index in [0.717, 1.165) is 25.2 Å². The molecule has 0 N–H and O–H groups in total. The second-order valence-corrected chi connectivity index (χ2v) is 8.71. The lowest BCUT2D eigenvalue weighted by Gasteiger charge is -2.41. The Kier molecular flexibility index (Phi) is 6.31. The first-order valence-electron chi connectivity index (χ1n) is 10.9. The number of rotatable bonds is 4. The number of ether oxygens (including phenoxy) is 1. The lowest BCUT2D eigenvalue weighted by Crippen LogP contribution is -2.30. The summed E-state index contributed by atoms with van der Waals surface area (Å²) in [5.41, 5.74) is 0.878. The van der Waals surface area contributed by atoms with Crippen LogP contribution in [0.3, 0.4) is 0 Å². The molecule has 0 heterocycles. The normalized spacial score (nSPS) is 26.4. The van der Waals surface area contributed by atoms with Crippen molar-refractivity contribution in [1.29, 1.82) is 0 Å². The fraction of sp³-hybridized carbons (Fsp3) is 0.423. The molecule has 0 saturated heterocycles. The van der Waals surface area contributed by atoms with Gasteiger partial charge in [0.05, 0.1) is 5.56 Å². The third kappa shape index (κ3) is 4.63. The van der Waals surface area contributed by atoms with E-state index in [1.54, 1.807) is 12.1 Å². The van der Waals surface area contributed by atoms with Crippen LogP contribution in [-0.4, -0.2) is 5.97 Å². The maximum atomic E-state index is 14.9. The number of halogens is 2. The quantitative estimate of drug-likeness (QED) is 0.306. The van der Waals surface area contributed by atoms with Crippen LogP contribution in [0.1, 0.15) is 67.3 Å². The van der Waals surface area contributed by atoms with Gasteiger partial charge in [-0.1, -0.05) is 18.2 Å². The number of esters is 1. The average Bonchev–Trinajstić information content (AvgIpc) is 2.75. The van der Waals surface area contributed by atoms with E-state index in [-0.39, 0.29) is 23.0 Å². The van der Waals surface area contributed by atoms with Gasteiger partial charge in [-0.05, 0) is 111 Å². The van der Waals surface area contributed by atoms with Gasteiger partial charge >= 0.3 is 5.97 Å². The Morgan fingerprint density at radius 1 is 0.967 bits per heavy atom. The summed E-state index contributed by atoms with van der Waals surface area (Å²) < 4.78 is 33.1. The van der Waals surface area contributed by atoms with E-state index in [1.807, 2.05) is 0 Å². The van der Waals surface area contributed by atoms with Crippen LogP contribution in [0.4, 0.5) is 8.78 Å². The monoisotopic (exact) mass is 410 g/mol. The summed E-state index contributed by atoms with van der Waals surface area (Å²) in [6.07, 6.45) is 11.4. The van der Waals surface area contributed by atoms with E-state index in [9.17, 15) is 13.6 Å². The van der Waals surface area contributed by atoms with E-state index < -0.39 is 11.8 Å². The van der Waals surface area contributed by atoms with Crippen molar-refractivity contribution in [2.45, 2.75) is 51.4 Å². The zero-order valence-corrected chi connectivity index (χ0v) is 17.3. The highest BCUT2D eigenvalue weighted by molar-refractivity contribution is 5.91. The van der Waals surface area contributed by atoms with Gasteiger partial charge in [-0.3, -0.25) is 0 Å². The maximum Gasteiger partial charge on any atom is 0.343 e. The summed E-state index contributed by atoms with van der Waals surface area (Å²) in [6.45, 7) is 2.09. The molecule has 0 aliphatic heterocycles. The van der Waals surface area contributed by atoms with Crippen molar-refractivity contribution in [3.8, 4) is 5.75 Å². The van der Waals surface area contributed by atoms with Gasteiger partial charge in [-0.25, -0.2) is 13.6 Å². The summed E-state index contributed by atoms with van der Waals surface area (Å²) in [5.74, 6) is 1.19. The second-order valence-electron chi connectivity index (χ2n) is 8.71. The largest absolute Gasteiger partial charge is 0.423 e. The van der Waals surface area contributed by atoms with Crippen LogP contribution in [0.15, 0.2) is 54.6 Å². The van der Waals surface area contributed by atoms with Crippen molar-refractivity contribution >= 4 is 5.97 Å². The highest BCUT2D eigenvalue weighted by Gasteiger charge is 2.36. The zero-order valence-electron chi connectivity index (χ0n) is 17.3. The molecule has 158 valence electrons. The lowest BCUT2D eigenvalue weighted by molar-refractivity contribution is 0.0734. The number of carbonyl (C=O) groups is 1. The van der Waals surface area contributed by atoms with E-state index in [2.05, 4.69) is 19.1 Å². The van der Waals surface area contributed by atoms with Crippen molar-refractivity contribution in [1.82, 2.24) is 0 Å². The van der Waals surface area contributed by atoms with Crippen LogP contribution in [-0.2, 0) is 0 Å². The van der Waals surface area contributed by atoms with Crippen molar-refractivity contribution in [2.75, 3.05) is 0 Å². The molecule has 2 aromatic carbocycles. The zero-order chi connectivity index (χ0) is 21.1. The molecule has 0 amide bonds. The van der Waals surface area contributed by atoms with Crippen LogP contribution in [0.5, 0.6) is 5.75 Å². The fourth-order valence-corrected chi connectivity index (χ4v) is 5.31. The van der Waals surface area contributed by atoms with Gasteiger partial charge in [0.15, 0.2) is 0 Å². The van der Waals surface area contributed by atoms with E-state index in [1.165, 1.54) is 49.6 Å². The van der Waals surface area contributed by atoms with Crippen molar-refractivity contribution in [3.05, 3.63) is 77.4 Å². The number of benzene rings is 2. The van der Waals surface area contributed by atoms with Crippen LogP contribution in [0.2, 0.25) is 0 Å². The number of hydrogen-bond donors (Lipinski definition) is 0. The fourth-order valence-electron chi connectivity index (χ4n) is 5.31. The smallest absolute Gasteiger partial charge is 0.343 e. The molecule has 4 rings (SSSR count). The molecular formula is C26H28F2O2. The van der Waals surface area contributed by atoms with Gasteiger partial charge < -0.3 is 4.74 Å². The molecule has 2 aliphatic rings. The molecule has 0 bridgehead atoms. The SMILES string of the molecule is C/C=C/C1CCC2CC(c3ccc(C(=O)Oc4ccc(F)cc4)cc3F)CCC2C1. The predicted molar refractivity (Wildman–Crippen MR) is 113 cm³/mol. The summed E-state index contributed by atoms with van der Waals surface area (Å²) in [5, 5.41) is 0. The summed E-state index contributed by atoms with van der Waals surface area (Å²) in [7, 11) is 0. The number of fused-ring (bicyclic) bond motifs is 1. The molecular weight excluding hydrogens is 382 g/mol. The van der Waals surface area contributed by atoms with Crippen LogP contribution < -0.4 is 4.74 Å². The molecule has 4 unspecified atom stereocenters. The molecule has 4 heteroatoms. The molecule has 2 saturated carbocycles. The minimum absolute atomic E-state index is 0.168. The average molecular weight is 411 g/mol. The van der Waals surface area contributed by atoms with Crippen molar-refractivity contribution in [3.63, 3.8) is 0 Å². The number of hydrogen-bond acceptors (Lipinski definition) is 2. The minimum Gasteiger partial charge on any atom is -0.423 e. The van der Waals surface area contributed by atoms with Crippen molar-refractivity contribution < 1.29 is 18.3 Å². The van der Waals surface area contributed by atoms with Crippen LogP contribution in [0.25, 0.3) is 0 Å². The second kappa shape index (κ2) is 9.11. The van der Waals surface area contributed by atoms with Crippen molar-refractivity contribution in [2.24, 2.45) is 17.8 Å². The minimum atomic E-state index is -0.641. The van der Waals surface area contributed by atoms with E-state index >= 15 is 0 Å². The maximum absolute atomic E-state index is 14.9. The first-order valence-corrected chi connectivity index (χ1v) is 10.9. The molecule has 0 radical (unpaired) electrons. The Balaban J connectivity index is 1.41. The predicted octanol–water partition coefficient (Wildman–Crippen LogP) is 7.06. The first-order chi connectivity index (χ1) is 14.5. The van der Waals surface area contributed by atoms with Gasteiger partial charge in [0.1, 0.15) is 17.4 Å². The Labute approximate surface area is 177 Å². The standard InChI is InChI=1S/C26H28F2O2/c1-2-3-17-4-5-19-15-20(7-6-18(19)14-17)24-13-8-21(16-25(24)28)26(29)30-23-11-9-22(27)10-12-23/h2-3,8-13,16-20H,4-7,14-15H2,1H3/b3-2+. The van der Waals surface area contributed by atoms with E-state index in [4.69, 9.17) is 4.74 Å². The summed E-state index contributed by atoms with van der Waals surface area (Å²) in [6, 6.07) is 9.84. The van der Waals surface area contributed by atoms with E-state index in [0.29, 0.717) is 17.4 Å². The van der Waals surface area contributed by atoms with Gasteiger partial charge in [0, 0.05) is 0 Å². The molecule has 0 aromatic heterocycles. The topological polar surface area (TPSA) is 26.3 Å². The van der Waals surface area contributed by atoms with Gasteiger partial charge in [-0.2, -0.15) is 0 Å². The van der Waals surface area contributed by atoms with Gasteiger partial charge in [-0.15, -0.1) is 0 Å². The van der Waals surface area contributed by atoms with Crippen LogP contribution >= 0.6 is 0 Å². The Bertz CT molecular complexity index is 919. The highest BCUT2D eigenvalue weighted by Crippen LogP contribution is 2.48. The molecule has 2 fully saturated rings. The molecule has 2 aliphatic carbocycles. The van der Waals surface area contributed by atoms with Gasteiger partial charge in [0.25, 0.3) is 0 Å².